The number of carbonyl (C=O) groups is 1. The van der Waals surface area contributed by atoms with Crippen LogP contribution in [0.25, 0.3) is 0 Å². The molecule has 2 N–H and O–H groups in total. The van der Waals surface area contributed by atoms with Crippen LogP contribution in [0.3, 0.4) is 0 Å². The molecule has 19 heavy (non-hydrogen) atoms. The molecule has 0 aliphatic carbocycles. The molecule has 3 nitrogen and oxygen atoms in total. The second kappa shape index (κ2) is 5.63. The molecule has 0 aliphatic heterocycles. The molecule has 96 valence electrons. The molecule has 0 atom stereocenters. The van der Waals surface area contributed by atoms with Crippen LogP contribution in [0.4, 0.5) is 5.69 Å². The van der Waals surface area contributed by atoms with Gasteiger partial charge in [-0.05, 0) is 36.4 Å². The normalized spacial score (nSPS) is 9.95. The van der Waals surface area contributed by atoms with Gasteiger partial charge in [0.1, 0.15) is 4.99 Å². The van der Waals surface area contributed by atoms with Crippen molar-refractivity contribution in [3.63, 3.8) is 0 Å². The Bertz CT molecular complexity index is 593. The molecule has 2 aromatic rings. The quantitative estimate of drug-likeness (QED) is 0.872. The van der Waals surface area contributed by atoms with Crippen molar-refractivity contribution in [3.8, 4) is 0 Å². The predicted octanol–water partition coefficient (Wildman–Crippen LogP) is 2.60. The van der Waals surface area contributed by atoms with Gasteiger partial charge in [-0.3, -0.25) is 4.79 Å². The smallest absolute Gasteiger partial charge is 0.258 e. The van der Waals surface area contributed by atoms with Crippen LogP contribution in [0.1, 0.15) is 15.9 Å². The number of benzene rings is 2. The standard InChI is InChI=1S/C15H14N2OS/c1-17(15(18)12-5-3-2-4-6-12)13-9-7-11(8-10-13)14(16)19/h2-10H,1H3,(H2,16,19). The number of anilines is 1. The molecule has 2 aromatic carbocycles. The maximum absolute atomic E-state index is 12.2. The Morgan fingerprint density at radius 1 is 1.00 bits per heavy atom. The third-order valence-electron chi connectivity index (χ3n) is 2.86. The summed E-state index contributed by atoms with van der Waals surface area (Å²) in [7, 11) is 1.74. The Labute approximate surface area is 117 Å². The highest BCUT2D eigenvalue weighted by Crippen LogP contribution is 2.16. The average molecular weight is 270 g/mol. The third-order valence-corrected chi connectivity index (χ3v) is 3.10. The fraction of sp³-hybridized carbons (Fsp3) is 0.0667. The zero-order valence-corrected chi connectivity index (χ0v) is 11.4. The highest BCUT2D eigenvalue weighted by Gasteiger charge is 2.12. The van der Waals surface area contributed by atoms with Crippen molar-refractivity contribution >= 4 is 28.8 Å². The lowest BCUT2D eigenvalue weighted by Gasteiger charge is -2.17. The molecular weight excluding hydrogens is 256 g/mol. The average Bonchev–Trinajstić information content (AvgIpc) is 2.46. The maximum Gasteiger partial charge on any atom is 0.258 e. The number of nitrogens with two attached hydrogens (primary N) is 1. The summed E-state index contributed by atoms with van der Waals surface area (Å²) >= 11 is 4.90. The Morgan fingerprint density at radius 2 is 1.58 bits per heavy atom. The molecule has 0 aliphatic rings. The van der Waals surface area contributed by atoms with Gasteiger partial charge in [-0.1, -0.05) is 30.4 Å². The molecule has 0 unspecified atom stereocenters. The van der Waals surface area contributed by atoms with Crippen molar-refractivity contribution in [3.05, 3.63) is 65.7 Å². The Hall–Kier alpha value is -2.20. The lowest BCUT2D eigenvalue weighted by molar-refractivity contribution is 0.0993. The van der Waals surface area contributed by atoms with Crippen LogP contribution in [-0.2, 0) is 0 Å². The molecule has 0 bridgehead atoms. The fourth-order valence-electron chi connectivity index (χ4n) is 1.74. The van der Waals surface area contributed by atoms with Gasteiger partial charge in [0.15, 0.2) is 0 Å². The van der Waals surface area contributed by atoms with E-state index < -0.39 is 0 Å². The van der Waals surface area contributed by atoms with Crippen molar-refractivity contribution in [1.82, 2.24) is 0 Å². The van der Waals surface area contributed by atoms with Crippen molar-refractivity contribution in [1.29, 1.82) is 0 Å². The summed E-state index contributed by atoms with van der Waals surface area (Å²) in [5, 5.41) is 0. The van der Waals surface area contributed by atoms with E-state index in [1.165, 1.54) is 0 Å². The minimum Gasteiger partial charge on any atom is -0.389 e. The zero-order valence-electron chi connectivity index (χ0n) is 10.5. The second-order valence-corrected chi connectivity index (χ2v) is 4.58. The summed E-state index contributed by atoms with van der Waals surface area (Å²) in [5.41, 5.74) is 7.79. The number of nitrogens with zero attached hydrogens (tertiary/aromatic N) is 1. The van der Waals surface area contributed by atoms with Gasteiger partial charge in [-0.15, -0.1) is 0 Å². The van der Waals surface area contributed by atoms with Crippen LogP contribution in [0.15, 0.2) is 54.6 Å². The van der Waals surface area contributed by atoms with E-state index in [2.05, 4.69) is 0 Å². The van der Waals surface area contributed by atoms with E-state index in [4.69, 9.17) is 18.0 Å². The van der Waals surface area contributed by atoms with Gasteiger partial charge in [-0.25, -0.2) is 0 Å². The van der Waals surface area contributed by atoms with E-state index in [0.717, 1.165) is 11.3 Å². The third kappa shape index (κ3) is 2.98. The first-order chi connectivity index (χ1) is 9.09. The van der Waals surface area contributed by atoms with Gasteiger partial charge < -0.3 is 10.6 Å². The molecular formula is C15H14N2OS. The monoisotopic (exact) mass is 270 g/mol. The van der Waals surface area contributed by atoms with Gasteiger partial charge in [0.2, 0.25) is 0 Å². The van der Waals surface area contributed by atoms with Crippen LogP contribution in [0.5, 0.6) is 0 Å². The summed E-state index contributed by atoms with van der Waals surface area (Å²) in [4.78, 5) is 14.2. The Morgan fingerprint density at radius 3 is 2.11 bits per heavy atom. The van der Waals surface area contributed by atoms with Crippen molar-refractivity contribution in [2.45, 2.75) is 0 Å². The largest absolute Gasteiger partial charge is 0.389 e. The summed E-state index contributed by atoms with van der Waals surface area (Å²) < 4.78 is 0. The van der Waals surface area contributed by atoms with Crippen molar-refractivity contribution in [2.75, 3.05) is 11.9 Å². The molecule has 0 heterocycles. The van der Waals surface area contributed by atoms with Crippen molar-refractivity contribution in [2.24, 2.45) is 5.73 Å². The van der Waals surface area contributed by atoms with E-state index in [-0.39, 0.29) is 5.91 Å². The minimum atomic E-state index is -0.0522. The van der Waals surface area contributed by atoms with Crippen LogP contribution in [-0.4, -0.2) is 17.9 Å². The van der Waals surface area contributed by atoms with E-state index in [0.29, 0.717) is 10.6 Å². The van der Waals surface area contributed by atoms with Gasteiger partial charge in [0.05, 0.1) is 0 Å². The van der Waals surface area contributed by atoms with Gasteiger partial charge in [0.25, 0.3) is 5.91 Å². The lowest BCUT2D eigenvalue weighted by atomic mass is 10.1. The van der Waals surface area contributed by atoms with E-state index in [1.54, 1.807) is 24.1 Å². The molecule has 0 saturated carbocycles. The maximum atomic E-state index is 12.2. The lowest BCUT2D eigenvalue weighted by Crippen LogP contribution is -2.26. The van der Waals surface area contributed by atoms with E-state index >= 15 is 0 Å². The first kappa shape index (κ1) is 13.2. The number of hydrogen-bond donors (Lipinski definition) is 1. The van der Waals surface area contributed by atoms with Crippen molar-refractivity contribution < 1.29 is 4.79 Å². The number of amides is 1. The highest BCUT2D eigenvalue weighted by molar-refractivity contribution is 7.80. The first-order valence-electron chi connectivity index (χ1n) is 5.82. The summed E-state index contributed by atoms with van der Waals surface area (Å²) in [6.45, 7) is 0. The van der Waals surface area contributed by atoms with Crippen LogP contribution < -0.4 is 10.6 Å². The van der Waals surface area contributed by atoms with Gasteiger partial charge in [0, 0.05) is 23.9 Å². The van der Waals surface area contributed by atoms with E-state index in [9.17, 15) is 4.79 Å². The summed E-state index contributed by atoms with van der Waals surface area (Å²) in [6, 6.07) is 16.4. The van der Waals surface area contributed by atoms with Crippen LogP contribution in [0.2, 0.25) is 0 Å². The SMILES string of the molecule is CN(C(=O)c1ccccc1)c1ccc(C(N)=S)cc1. The van der Waals surface area contributed by atoms with Crippen LogP contribution in [0, 0.1) is 0 Å². The van der Waals surface area contributed by atoms with E-state index in [1.807, 2.05) is 42.5 Å². The Balaban J connectivity index is 2.22. The van der Waals surface area contributed by atoms with Gasteiger partial charge >= 0.3 is 0 Å². The molecule has 0 radical (unpaired) electrons. The fourth-order valence-corrected chi connectivity index (χ4v) is 1.88. The topological polar surface area (TPSA) is 46.3 Å². The first-order valence-corrected chi connectivity index (χ1v) is 6.23. The Kier molecular flexibility index (Phi) is 3.92. The summed E-state index contributed by atoms with van der Waals surface area (Å²) in [6.07, 6.45) is 0. The number of hydrogen-bond acceptors (Lipinski definition) is 2. The van der Waals surface area contributed by atoms with Gasteiger partial charge in [-0.2, -0.15) is 0 Å². The summed E-state index contributed by atoms with van der Waals surface area (Å²) in [5.74, 6) is -0.0522. The molecule has 1 amide bonds. The number of carbonyl (C=O) groups excluding carboxylic acids is 1. The molecule has 4 heteroatoms. The molecule has 0 aromatic heterocycles. The molecule has 0 spiro atoms. The number of thiocarbonyl (C=S) groups is 1. The molecule has 0 fully saturated rings. The van der Waals surface area contributed by atoms with Crippen LogP contribution >= 0.6 is 12.2 Å². The highest BCUT2D eigenvalue weighted by atomic mass is 32.1. The zero-order chi connectivity index (χ0) is 13.8. The molecule has 0 saturated heterocycles. The second-order valence-electron chi connectivity index (χ2n) is 4.14. The number of rotatable bonds is 3. The minimum absolute atomic E-state index is 0.0522. The predicted molar refractivity (Wildman–Crippen MR) is 81.5 cm³/mol. The molecule has 2 rings (SSSR count).